The zero-order chi connectivity index (χ0) is 28.2. The van der Waals surface area contributed by atoms with Gasteiger partial charge in [-0.15, -0.1) is 0 Å². The topological polar surface area (TPSA) is 237 Å². The highest BCUT2D eigenvalue weighted by molar-refractivity contribution is 5.94. The van der Waals surface area contributed by atoms with Crippen molar-refractivity contribution < 1.29 is 39.3 Å². The Balaban J connectivity index is 2.22. The second-order valence-electron chi connectivity index (χ2n) is 8.70. The highest BCUT2D eigenvalue weighted by Crippen LogP contribution is 2.07. The van der Waals surface area contributed by atoms with Crippen molar-refractivity contribution in [3.05, 3.63) is 54.1 Å². The number of hydrogen-bond donors (Lipinski definition) is 8. The SMILES string of the molecule is CC(O)C(NC(=O)C(CCC(=O)O)NC(=O)C(Cc1ccccc1)NC(=O)C(N)Cc1cnc[nH]1)C(=O)O. The van der Waals surface area contributed by atoms with Gasteiger partial charge in [-0.05, 0) is 18.9 Å². The number of nitrogens with two attached hydrogens (primary N) is 1. The van der Waals surface area contributed by atoms with Crippen molar-refractivity contribution in [1.29, 1.82) is 0 Å². The Kier molecular flexibility index (Phi) is 11.4. The Morgan fingerprint density at radius 2 is 1.58 bits per heavy atom. The number of aromatic nitrogens is 2. The predicted octanol–water partition coefficient (Wildman–Crippen LogP) is -1.69. The number of carboxylic acid groups (broad SMARTS) is 2. The van der Waals surface area contributed by atoms with E-state index in [0.717, 1.165) is 6.92 Å². The molecule has 5 atom stereocenters. The summed E-state index contributed by atoms with van der Waals surface area (Å²) in [6.45, 7) is 1.15. The normalized spacial score (nSPS) is 14.8. The number of amides is 3. The molecule has 1 aromatic heterocycles. The Bertz CT molecular complexity index is 1090. The summed E-state index contributed by atoms with van der Waals surface area (Å²) in [4.78, 5) is 68.0. The number of imidazole rings is 1. The highest BCUT2D eigenvalue weighted by Gasteiger charge is 2.32. The molecule has 5 unspecified atom stereocenters. The summed E-state index contributed by atoms with van der Waals surface area (Å²) in [5.74, 6) is -5.24. The minimum atomic E-state index is -1.69. The summed E-state index contributed by atoms with van der Waals surface area (Å²) in [5, 5.41) is 35.1. The summed E-state index contributed by atoms with van der Waals surface area (Å²) in [6, 6.07) is 3.31. The molecule has 0 spiro atoms. The van der Waals surface area contributed by atoms with E-state index in [-0.39, 0.29) is 19.3 Å². The van der Waals surface area contributed by atoms with Gasteiger partial charge in [0, 0.05) is 31.2 Å². The summed E-state index contributed by atoms with van der Waals surface area (Å²) in [5.41, 5.74) is 7.28. The summed E-state index contributed by atoms with van der Waals surface area (Å²) in [7, 11) is 0. The lowest BCUT2D eigenvalue weighted by molar-refractivity contribution is -0.145. The fourth-order valence-corrected chi connectivity index (χ4v) is 3.52. The number of carbonyl (C=O) groups excluding carboxylic acids is 3. The number of carboxylic acids is 2. The van der Waals surface area contributed by atoms with Crippen LogP contribution in [0.2, 0.25) is 0 Å². The fourth-order valence-electron chi connectivity index (χ4n) is 3.52. The van der Waals surface area contributed by atoms with Crippen LogP contribution in [0.1, 0.15) is 31.0 Å². The number of aromatic amines is 1. The van der Waals surface area contributed by atoms with Gasteiger partial charge < -0.3 is 42.0 Å². The molecular formula is C24H32N6O8. The van der Waals surface area contributed by atoms with Gasteiger partial charge in [0.1, 0.15) is 12.1 Å². The van der Waals surface area contributed by atoms with Gasteiger partial charge in [-0.25, -0.2) is 9.78 Å². The molecule has 0 fully saturated rings. The number of benzene rings is 1. The van der Waals surface area contributed by atoms with Crippen LogP contribution in [0.5, 0.6) is 0 Å². The van der Waals surface area contributed by atoms with Crippen LogP contribution in [0.25, 0.3) is 0 Å². The molecule has 9 N–H and O–H groups in total. The molecule has 0 aliphatic carbocycles. The Morgan fingerprint density at radius 3 is 2.13 bits per heavy atom. The number of aliphatic hydroxyl groups excluding tert-OH is 1. The third-order valence-electron chi connectivity index (χ3n) is 5.57. The van der Waals surface area contributed by atoms with E-state index in [4.69, 9.17) is 10.8 Å². The van der Waals surface area contributed by atoms with Gasteiger partial charge in [0.25, 0.3) is 0 Å². The van der Waals surface area contributed by atoms with Crippen LogP contribution in [0.3, 0.4) is 0 Å². The molecule has 0 radical (unpaired) electrons. The average Bonchev–Trinajstić information content (AvgIpc) is 3.37. The maximum absolute atomic E-state index is 13.3. The van der Waals surface area contributed by atoms with Crippen LogP contribution in [0, 0.1) is 0 Å². The standard InChI is InChI=1S/C24H32N6O8/c1-13(31)20(24(37)38)30-22(35)17(7-8-19(32)33)28-23(36)18(9-14-5-3-2-4-6-14)29-21(34)16(25)10-15-11-26-12-27-15/h2-6,11-13,16-18,20,31H,7-10,25H2,1H3,(H,26,27)(H,28,36)(H,29,34)(H,30,35)(H,32,33)(H,37,38). The molecule has 0 saturated carbocycles. The van der Waals surface area contributed by atoms with Crippen molar-refractivity contribution in [1.82, 2.24) is 25.9 Å². The van der Waals surface area contributed by atoms with Crippen molar-refractivity contribution >= 4 is 29.7 Å². The fraction of sp³-hybridized carbons (Fsp3) is 0.417. The number of nitrogens with zero attached hydrogens (tertiary/aromatic N) is 1. The zero-order valence-corrected chi connectivity index (χ0v) is 20.7. The lowest BCUT2D eigenvalue weighted by Gasteiger charge is -2.25. The first kappa shape index (κ1) is 29.9. The van der Waals surface area contributed by atoms with Crippen molar-refractivity contribution in [2.45, 2.75) is 62.9 Å². The molecule has 14 nitrogen and oxygen atoms in total. The molecule has 38 heavy (non-hydrogen) atoms. The molecule has 0 saturated heterocycles. The first-order valence-electron chi connectivity index (χ1n) is 11.8. The molecule has 2 rings (SSSR count). The molecule has 2 aromatic rings. The highest BCUT2D eigenvalue weighted by atomic mass is 16.4. The first-order chi connectivity index (χ1) is 18.0. The molecule has 0 aliphatic heterocycles. The van der Waals surface area contributed by atoms with E-state index in [2.05, 4.69) is 25.9 Å². The summed E-state index contributed by atoms with van der Waals surface area (Å²) < 4.78 is 0. The van der Waals surface area contributed by atoms with Crippen LogP contribution in [-0.2, 0) is 36.8 Å². The minimum absolute atomic E-state index is 0.0217. The van der Waals surface area contributed by atoms with E-state index in [0.29, 0.717) is 11.3 Å². The summed E-state index contributed by atoms with van der Waals surface area (Å²) in [6.07, 6.45) is 0.720. The number of aliphatic hydroxyl groups is 1. The molecule has 0 aliphatic rings. The third-order valence-corrected chi connectivity index (χ3v) is 5.57. The van der Waals surface area contributed by atoms with E-state index >= 15 is 0 Å². The second-order valence-corrected chi connectivity index (χ2v) is 8.70. The minimum Gasteiger partial charge on any atom is -0.481 e. The largest absolute Gasteiger partial charge is 0.481 e. The van der Waals surface area contributed by atoms with Crippen molar-refractivity contribution in [3.63, 3.8) is 0 Å². The Morgan fingerprint density at radius 1 is 0.947 bits per heavy atom. The average molecular weight is 533 g/mol. The lowest BCUT2D eigenvalue weighted by atomic mass is 10.0. The van der Waals surface area contributed by atoms with Gasteiger partial charge in [0.05, 0.1) is 18.5 Å². The molecular weight excluding hydrogens is 500 g/mol. The van der Waals surface area contributed by atoms with Crippen LogP contribution in [0.4, 0.5) is 0 Å². The van der Waals surface area contributed by atoms with Gasteiger partial charge in [-0.1, -0.05) is 30.3 Å². The van der Waals surface area contributed by atoms with Gasteiger partial charge >= 0.3 is 11.9 Å². The second kappa shape index (κ2) is 14.4. The monoisotopic (exact) mass is 532 g/mol. The van der Waals surface area contributed by atoms with E-state index in [1.807, 2.05) is 0 Å². The maximum Gasteiger partial charge on any atom is 0.328 e. The molecule has 206 valence electrons. The number of rotatable bonds is 15. The molecule has 14 heteroatoms. The van der Waals surface area contributed by atoms with Crippen molar-refractivity contribution in [3.8, 4) is 0 Å². The van der Waals surface area contributed by atoms with Gasteiger partial charge in [0.2, 0.25) is 17.7 Å². The van der Waals surface area contributed by atoms with E-state index in [1.165, 1.54) is 12.5 Å². The number of H-pyrrole nitrogens is 1. The lowest BCUT2D eigenvalue weighted by Crippen LogP contribution is -2.58. The zero-order valence-electron chi connectivity index (χ0n) is 20.7. The predicted molar refractivity (Wildman–Crippen MR) is 132 cm³/mol. The van der Waals surface area contributed by atoms with Crippen LogP contribution in [-0.4, -0.2) is 85.2 Å². The first-order valence-corrected chi connectivity index (χ1v) is 11.8. The number of aliphatic carboxylic acids is 2. The van der Waals surface area contributed by atoms with Crippen molar-refractivity contribution in [2.75, 3.05) is 0 Å². The van der Waals surface area contributed by atoms with Gasteiger partial charge in [-0.3, -0.25) is 19.2 Å². The number of nitrogens with one attached hydrogen (secondary N) is 4. The van der Waals surface area contributed by atoms with Crippen molar-refractivity contribution in [2.24, 2.45) is 5.73 Å². The van der Waals surface area contributed by atoms with Crippen LogP contribution < -0.4 is 21.7 Å². The van der Waals surface area contributed by atoms with E-state index in [1.54, 1.807) is 30.3 Å². The van der Waals surface area contributed by atoms with Crippen LogP contribution >= 0.6 is 0 Å². The van der Waals surface area contributed by atoms with E-state index in [9.17, 15) is 34.2 Å². The number of carbonyl (C=O) groups is 5. The molecule has 0 bridgehead atoms. The third kappa shape index (κ3) is 9.63. The van der Waals surface area contributed by atoms with E-state index < -0.39 is 66.4 Å². The molecule has 3 amide bonds. The molecule has 1 aromatic carbocycles. The van der Waals surface area contributed by atoms with Gasteiger partial charge in [0.15, 0.2) is 6.04 Å². The Hall–Kier alpha value is -4.30. The van der Waals surface area contributed by atoms with Crippen LogP contribution in [0.15, 0.2) is 42.9 Å². The molecule has 1 heterocycles. The smallest absolute Gasteiger partial charge is 0.328 e. The maximum atomic E-state index is 13.3. The Labute approximate surface area is 218 Å². The summed E-state index contributed by atoms with van der Waals surface area (Å²) >= 11 is 0. The number of hydrogen-bond acceptors (Lipinski definition) is 8. The quantitative estimate of drug-likeness (QED) is 0.129. The van der Waals surface area contributed by atoms with Gasteiger partial charge in [-0.2, -0.15) is 0 Å².